The van der Waals surface area contributed by atoms with E-state index in [4.69, 9.17) is 10.5 Å². The summed E-state index contributed by atoms with van der Waals surface area (Å²) in [4.78, 5) is 36.5. The predicted molar refractivity (Wildman–Crippen MR) is 127 cm³/mol. The van der Waals surface area contributed by atoms with Crippen LogP contribution in [0.25, 0.3) is 0 Å². The first-order valence-corrected chi connectivity index (χ1v) is 11.3. The maximum Gasteiger partial charge on any atom is 0.326 e. The number of hydrogen-bond donors (Lipinski definition) is 4. The van der Waals surface area contributed by atoms with Crippen molar-refractivity contribution >= 4 is 40.9 Å². The number of ether oxygens (including phenoxy) is 1. The maximum atomic E-state index is 12.7. The molecule has 2 aromatic rings. The molecule has 1 unspecified atom stereocenters. The van der Waals surface area contributed by atoms with E-state index < -0.39 is 17.9 Å². The van der Waals surface area contributed by atoms with Crippen LogP contribution in [-0.4, -0.2) is 54.2 Å². The molecule has 0 aliphatic heterocycles. The van der Waals surface area contributed by atoms with Gasteiger partial charge in [-0.25, -0.2) is 4.79 Å². The lowest BCUT2D eigenvalue weighted by Gasteiger charge is -2.16. The zero-order valence-corrected chi connectivity index (χ0v) is 19.0. The molecule has 0 saturated carbocycles. The molecule has 9 heteroatoms. The summed E-state index contributed by atoms with van der Waals surface area (Å²) in [6.07, 6.45) is 0.998. The minimum Gasteiger partial charge on any atom is -0.480 e. The van der Waals surface area contributed by atoms with Crippen LogP contribution in [-0.2, 0) is 20.7 Å². The number of rotatable bonds is 12. The highest BCUT2D eigenvalue weighted by Gasteiger charge is 2.22. The number of hydrogen-bond acceptors (Lipinski definition) is 6. The van der Waals surface area contributed by atoms with E-state index in [0.29, 0.717) is 12.3 Å². The monoisotopic (exact) mass is 459 g/mol. The molecule has 0 saturated heterocycles. The van der Waals surface area contributed by atoms with Gasteiger partial charge in [0.05, 0.1) is 5.75 Å². The van der Waals surface area contributed by atoms with Crippen molar-refractivity contribution in [1.29, 1.82) is 0 Å². The van der Waals surface area contributed by atoms with Crippen molar-refractivity contribution < 1.29 is 24.2 Å². The summed E-state index contributed by atoms with van der Waals surface area (Å²) in [7, 11) is 1.63. The number of nitrogen functional groups attached to an aromatic ring is 1. The van der Waals surface area contributed by atoms with E-state index in [1.807, 2.05) is 31.2 Å². The van der Waals surface area contributed by atoms with Crippen molar-refractivity contribution in [3.8, 4) is 0 Å². The number of carbonyl (C=O) groups excluding carboxylic acids is 2. The number of aliphatic carboxylic acids is 1. The van der Waals surface area contributed by atoms with E-state index in [2.05, 4.69) is 10.6 Å². The Morgan fingerprint density at radius 1 is 1.16 bits per heavy atom. The number of anilines is 2. The highest BCUT2D eigenvalue weighted by molar-refractivity contribution is 7.99. The molecule has 0 spiro atoms. The molecule has 0 heterocycles. The van der Waals surface area contributed by atoms with Gasteiger partial charge in [0.1, 0.15) is 6.04 Å². The average Bonchev–Trinajstić information content (AvgIpc) is 2.74. The number of aryl methyl sites for hydroxylation is 1. The summed E-state index contributed by atoms with van der Waals surface area (Å²) < 4.78 is 4.97. The quantitative estimate of drug-likeness (QED) is 0.283. The van der Waals surface area contributed by atoms with Crippen LogP contribution in [0.15, 0.2) is 42.5 Å². The number of carbonyl (C=O) groups is 3. The molecule has 1 atom stereocenters. The third-order valence-corrected chi connectivity index (χ3v) is 5.58. The number of carboxylic acids is 1. The van der Waals surface area contributed by atoms with Gasteiger partial charge in [-0.2, -0.15) is 11.8 Å². The van der Waals surface area contributed by atoms with Gasteiger partial charge >= 0.3 is 5.97 Å². The van der Waals surface area contributed by atoms with Crippen molar-refractivity contribution in [2.45, 2.75) is 25.8 Å². The van der Waals surface area contributed by atoms with Crippen LogP contribution < -0.4 is 16.4 Å². The first-order chi connectivity index (χ1) is 15.3. The van der Waals surface area contributed by atoms with Crippen LogP contribution in [0.4, 0.5) is 11.4 Å². The van der Waals surface area contributed by atoms with E-state index in [-0.39, 0.29) is 29.3 Å². The van der Waals surface area contributed by atoms with Crippen LogP contribution in [0.1, 0.15) is 27.9 Å². The Balaban J connectivity index is 2.00. The molecule has 0 aliphatic carbocycles. The van der Waals surface area contributed by atoms with E-state index in [1.165, 1.54) is 23.9 Å². The number of nitrogens with one attached hydrogen (secondary N) is 2. The highest BCUT2D eigenvalue weighted by Crippen LogP contribution is 2.18. The molecule has 0 bridgehead atoms. The SMILES string of the molecule is COCCCSCC(=O)Nc1cc(N)cc(C(=O)NC(Cc2ccc(C)cc2)C(=O)O)c1. The molecule has 2 aromatic carbocycles. The van der Waals surface area contributed by atoms with Gasteiger partial charge in [0, 0.05) is 37.1 Å². The summed E-state index contributed by atoms with van der Waals surface area (Å²) in [5.74, 6) is -0.878. The molecule has 172 valence electrons. The van der Waals surface area contributed by atoms with Gasteiger partial charge in [0.25, 0.3) is 5.91 Å². The van der Waals surface area contributed by atoms with Crippen LogP contribution in [0.3, 0.4) is 0 Å². The lowest BCUT2D eigenvalue weighted by molar-refractivity contribution is -0.139. The Labute approximate surface area is 191 Å². The fraction of sp³-hybridized carbons (Fsp3) is 0.348. The third kappa shape index (κ3) is 8.60. The molecule has 0 radical (unpaired) electrons. The summed E-state index contributed by atoms with van der Waals surface area (Å²) in [5, 5.41) is 14.8. The van der Waals surface area contributed by atoms with Gasteiger partial charge < -0.3 is 26.2 Å². The number of benzene rings is 2. The molecule has 0 aromatic heterocycles. The number of amides is 2. The van der Waals surface area contributed by atoms with Crippen molar-refractivity contribution in [3.05, 3.63) is 59.2 Å². The molecule has 0 aliphatic rings. The first-order valence-electron chi connectivity index (χ1n) is 10.1. The van der Waals surface area contributed by atoms with Crippen LogP contribution >= 0.6 is 11.8 Å². The van der Waals surface area contributed by atoms with E-state index >= 15 is 0 Å². The molecular weight excluding hydrogens is 430 g/mol. The largest absolute Gasteiger partial charge is 0.480 e. The highest BCUT2D eigenvalue weighted by atomic mass is 32.2. The zero-order valence-electron chi connectivity index (χ0n) is 18.2. The molecule has 0 fully saturated rings. The van der Waals surface area contributed by atoms with Crippen LogP contribution in [0.5, 0.6) is 0 Å². The summed E-state index contributed by atoms with van der Waals surface area (Å²) in [6, 6.07) is 10.8. The normalized spacial score (nSPS) is 11.6. The molecule has 2 rings (SSSR count). The molecule has 32 heavy (non-hydrogen) atoms. The van der Waals surface area contributed by atoms with Crippen molar-refractivity contribution in [3.63, 3.8) is 0 Å². The average molecular weight is 460 g/mol. The number of methoxy groups -OCH3 is 1. The lowest BCUT2D eigenvalue weighted by atomic mass is 10.0. The molecule has 8 nitrogen and oxygen atoms in total. The molecular formula is C23H29N3O5S. The van der Waals surface area contributed by atoms with Crippen LogP contribution in [0.2, 0.25) is 0 Å². The van der Waals surface area contributed by atoms with Crippen LogP contribution in [0, 0.1) is 6.92 Å². The first kappa shape index (κ1) is 25.2. The summed E-state index contributed by atoms with van der Waals surface area (Å²) in [5.41, 5.74) is 8.58. The second-order valence-electron chi connectivity index (χ2n) is 7.34. The second-order valence-corrected chi connectivity index (χ2v) is 8.45. The molecule has 5 N–H and O–H groups in total. The Morgan fingerprint density at radius 2 is 1.88 bits per heavy atom. The summed E-state index contributed by atoms with van der Waals surface area (Å²) >= 11 is 1.48. The van der Waals surface area contributed by atoms with Gasteiger partial charge in [-0.05, 0) is 42.9 Å². The van der Waals surface area contributed by atoms with Gasteiger partial charge in [-0.15, -0.1) is 0 Å². The maximum absolute atomic E-state index is 12.7. The van der Waals surface area contributed by atoms with Crippen molar-refractivity contribution in [2.24, 2.45) is 0 Å². The fourth-order valence-corrected chi connectivity index (χ4v) is 3.65. The van der Waals surface area contributed by atoms with E-state index in [1.54, 1.807) is 13.2 Å². The van der Waals surface area contributed by atoms with E-state index in [0.717, 1.165) is 23.3 Å². The minimum atomic E-state index is -1.14. The van der Waals surface area contributed by atoms with Gasteiger partial charge in [0.15, 0.2) is 0 Å². The Kier molecular flexibility index (Phi) is 10.0. The predicted octanol–water partition coefficient (Wildman–Crippen LogP) is 2.71. The molecule has 2 amide bonds. The Bertz CT molecular complexity index is 934. The van der Waals surface area contributed by atoms with Crippen molar-refractivity contribution in [1.82, 2.24) is 5.32 Å². The number of carboxylic acid groups (broad SMARTS) is 1. The standard InChI is InChI=1S/C23H29N3O5S/c1-15-4-6-16(7-5-15)10-20(23(29)30)26-22(28)17-11-18(24)13-19(12-17)25-21(27)14-32-9-3-8-31-2/h4-7,11-13,20H,3,8-10,14,24H2,1-2H3,(H,25,27)(H,26,28)(H,29,30). The number of nitrogens with two attached hydrogens (primary N) is 1. The van der Waals surface area contributed by atoms with Gasteiger partial charge in [-0.3, -0.25) is 9.59 Å². The minimum absolute atomic E-state index is 0.146. The van der Waals surface area contributed by atoms with Crippen molar-refractivity contribution in [2.75, 3.05) is 36.3 Å². The summed E-state index contributed by atoms with van der Waals surface area (Å²) in [6.45, 7) is 2.58. The smallest absolute Gasteiger partial charge is 0.326 e. The van der Waals surface area contributed by atoms with Gasteiger partial charge in [0.2, 0.25) is 5.91 Å². The Morgan fingerprint density at radius 3 is 2.53 bits per heavy atom. The van der Waals surface area contributed by atoms with Gasteiger partial charge in [-0.1, -0.05) is 29.8 Å². The number of thioether (sulfide) groups is 1. The Hall–Kier alpha value is -3.04. The van der Waals surface area contributed by atoms with E-state index in [9.17, 15) is 19.5 Å². The lowest BCUT2D eigenvalue weighted by Crippen LogP contribution is -2.42. The fourth-order valence-electron chi connectivity index (χ4n) is 2.92. The topological polar surface area (TPSA) is 131 Å². The zero-order chi connectivity index (χ0) is 23.5. The second kappa shape index (κ2) is 12.7. The third-order valence-electron chi connectivity index (χ3n) is 4.54.